The van der Waals surface area contributed by atoms with Crippen LogP contribution in [0.25, 0.3) is 11.8 Å². The van der Waals surface area contributed by atoms with Gasteiger partial charge in [0.15, 0.2) is 4.80 Å². The predicted molar refractivity (Wildman–Crippen MR) is 185 cm³/mol. The van der Waals surface area contributed by atoms with Gasteiger partial charge in [-0.05, 0) is 61.0 Å². The van der Waals surface area contributed by atoms with Crippen LogP contribution in [0.4, 0.5) is 0 Å². The van der Waals surface area contributed by atoms with Crippen LogP contribution in [0.5, 0.6) is 5.75 Å². The van der Waals surface area contributed by atoms with Gasteiger partial charge in [-0.3, -0.25) is 9.36 Å². The molecule has 232 valence electrons. The number of carbonyl (C=O) groups excluding carboxylic acids is 1. The minimum absolute atomic E-state index is 0.154. The number of nitrogens with zero attached hydrogens (tertiary/aromatic N) is 2. The van der Waals surface area contributed by atoms with E-state index in [0.717, 1.165) is 5.56 Å². The summed E-state index contributed by atoms with van der Waals surface area (Å²) < 4.78 is 13.6. The quantitative estimate of drug-likeness (QED) is 0.153. The lowest BCUT2D eigenvalue weighted by Gasteiger charge is -2.25. The van der Waals surface area contributed by atoms with Crippen LogP contribution >= 0.6 is 57.7 Å². The molecule has 0 fully saturated rings. The average molecular weight is 710 g/mol. The zero-order valence-corrected chi connectivity index (χ0v) is 28.0. The molecule has 0 saturated heterocycles. The first-order valence-corrected chi connectivity index (χ1v) is 16.5. The van der Waals surface area contributed by atoms with E-state index in [2.05, 4.69) is 0 Å². The first kappa shape index (κ1) is 32.1. The van der Waals surface area contributed by atoms with Crippen molar-refractivity contribution in [1.29, 1.82) is 0 Å². The standard InChI is InChI=1S/C35H24Cl4N2O4S/c1-2-44-34(43)30-31(20-6-4-3-5-7-20)40-35-41(32(30)21-8-11-24(36)12-9-21)33(42)29(46-35)17-23-16-25(37)14-15-28(23)45-19-22-10-13-26(38)18-27(22)39/h3-18,32H,2,19H2,1H3/b29-17-/t32-/m1/s1. The normalized spacial score (nSPS) is 14.5. The van der Waals surface area contributed by atoms with Crippen molar-refractivity contribution < 1.29 is 14.3 Å². The highest BCUT2D eigenvalue weighted by Gasteiger charge is 2.35. The molecule has 0 bridgehead atoms. The number of carbonyl (C=O) groups is 1. The number of benzene rings is 4. The fourth-order valence-electron chi connectivity index (χ4n) is 5.10. The Morgan fingerprint density at radius 1 is 0.913 bits per heavy atom. The van der Waals surface area contributed by atoms with Crippen molar-refractivity contribution in [3.8, 4) is 5.75 Å². The molecule has 5 aromatic rings. The maximum Gasteiger partial charge on any atom is 0.338 e. The van der Waals surface area contributed by atoms with Crippen LogP contribution in [0.15, 0.2) is 106 Å². The highest BCUT2D eigenvalue weighted by Crippen LogP contribution is 2.35. The van der Waals surface area contributed by atoms with E-state index in [0.29, 0.717) is 57.6 Å². The molecule has 1 aromatic heterocycles. The Labute approximate surface area is 288 Å². The first-order valence-electron chi connectivity index (χ1n) is 14.1. The lowest BCUT2D eigenvalue weighted by Crippen LogP contribution is -2.40. The molecule has 0 radical (unpaired) electrons. The van der Waals surface area contributed by atoms with E-state index < -0.39 is 12.0 Å². The van der Waals surface area contributed by atoms with Crippen LogP contribution in [0.1, 0.15) is 35.2 Å². The number of thiazole rings is 1. The lowest BCUT2D eigenvalue weighted by atomic mass is 9.93. The summed E-state index contributed by atoms with van der Waals surface area (Å²) in [5.41, 5.74) is 3.06. The van der Waals surface area contributed by atoms with Crippen molar-refractivity contribution in [2.24, 2.45) is 4.99 Å². The Hall–Kier alpha value is -3.85. The largest absolute Gasteiger partial charge is 0.488 e. The Morgan fingerprint density at radius 3 is 2.33 bits per heavy atom. The Balaban J connectivity index is 1.53. The number of rotatable bonds is 8. The molecule has 11 heteroatoms. The molecule has 1 atom stereocenters. The van der Waals surface area contributed by atoms with E-state index >= 15 is 0 Å². The van der Waals surface area contributed by atoms with Crippen LogP contribution in [0, 0.1) is 0 Å². The average Bonchev–Trinajstić information content (AvgIpc) is 3.35. The molecule has 1 aliphatic heterocycles. The third kappa shape index (κ3) is 6.66. The fourth-order valence-corrected chi connectivity index (χ4v) is 6.86. The summed E-state index contributed by atoms with van der Waals surface area (Å²) in [5.74, 6) is -0.0709. The molecule has 6 rings (SSSR count). The van der Waals surface area contributed by atoms with Gasteiger partial charge in [0.25, 0.3) is 5.56 Å². The zero-order valence-electron chi connectivity index (χ0n) is 24.2. The smallest absolute Gasteiger partial charge is 0.338 e. The van der Waals surface area contributed by atoms with Crippen molar-refractivity contribution in [2.45, 2.75) is 19.6 Å². The molecule has 46 heavy (non-hydrogen) atoms. The summed E-state index contributed by atoms with van der Waals surface area (Å²) in [6, 6.07) is 25.9. The van der Waals surface area contributed by atoms with Gasteiger partial charge in [-0.25, -0.2) is 9.79 Å². The summed E-state index contributed by atoms with van der Waals surface area (Å²) in [4.78, 5) is 33.2. The molecule has 2 heterocycles. The van der Waals surface area contributed by atoms with Crippen molar-refractivity contribution in [3.63, 3.8) is 0 Å². The van der Waals surface area contributed by atoms with Gasteiger partial charge < -0.3 is 9.47 Å². The monoisotopic (exact) mass is 708 g/mol. The summed E-state index contributed by atoms with van der Waals surface area (Å²) >= 11 is 26.2. The second-order valence-electron chi connectivity index (χ2n) is 10.2. The van der Waals surface area contributed by atoms with Gasteiger partial charge in [0, 0.05) is 36.8 Å². The van der Waals surface area contributed by atoms with Crippen LogP contribution in [0.3, 0.4) is 0 Å². The number of halogens is 4. The molecular weight excluding hydrogens is 686 g/mol. The molecule has 0 aliphatic carbocycles. The number of hydrogen-bond acceptors (Lipinski definition) is 6. The summed E-state index contributed by atoms with van der Waals surface area (Å²) in [5, 5.41) is 1.99. The minimum Gasteiger partial charge on any atom is -0.488 e. The zero-order chi connectivity index (χ0) is 32.4. The van der Waals surface area contributed by atoms with Gasteiger partial charge in [0.05, 0.1) is 28.5 Å². The molecule has 6 nitrogen and oxygen atoms in total. The SMILES string of the molecule is CCOC(=O)C1=C(c2ccccc2)N=c2s/c(=C\c3cc(Cl)ccc3OCc3ccc(Cl)cc3Cl)c(=O)n2[C@@H]1c1ccc(Cl)cc1. The summed E-state index contributed by atoms with van der Waals surface area (Å²) in [7, 11) is 0. The van der Waals surface area contributed by atoms with Gasteiger partial charge >= 0.3 is 5.97 Å². The number of aromatic nitrogens is 1. The van der Waals surface area contributed by atoms with Crippen LogP contribution in [-0.4, -0.2) is 17.1 Å². The van der Waals surface area contributed by atoms with Crippen LogP contribution in [0.2, 0.25) is 20.1 Å². The van der Waals surface area contributed by atoms with Gasteiger partial charge in [-0.2, -0.15) is 0 Å². The van der Waals surface area contributed by atoms with Crippen molar-refractivity contribution in [1.82, 2.24) is 4.57 Å². The maximum absolute atomic E-state index is 14.3. The molecule has 0 N–H and O–H groups in total. The van der Waals surface area contributed by atoms with E-state index in [4.69, 9.17) is 60.9 Å². The van der Waals surface area contributed by atoms with E-state index in [9.17, 15) is 9.59 Å². The van der Waals surface area contributed by atoms with Gasteiger partial charge in [0.2, 0.25) is 0 Å². The highest BCUT2D eigenvalue weighted by atomic mass is 35.5. The Morgan fingerprint density at radius 2 is 1.61 bits per heavy atom. The molecular formula is C35H24Cl4N2O4S. The molecule has 0 spiro atoms. The predicted octanol–water partition coefficient (Wildman–Crippen LogP) is 8.13. The van der Waals surface area contributed by atoms with E-state index in [1.165, 1.54) is 15.9 Å². The summed E-state index contributed by atoms with van der Waals surface area (Å²) in [6.45, 7) is 2.05. The maximum atomic E-state index is 14.3. The van der Waals surface area contributed by atoms with Crippen LogP contribution < -0.4 is 19.6 Å². The molecule has 0 amide bonds. The van der Waals surface area contributed by atoms with Crippen LogP contribution in [-0.2, 0) is 16.1 Å². The Bertz CT molecular complexity index is 2160. The number of fused-ring (bicyclic) bond motifs is 1. The van der Waals surface area contributed by atoms with Crippen molar-refractivity contribution >= 4 is 75.5 Å². The third-order valence-electron chi connectivity index (χ3n) is 7.22. The van der Waals surface area contributed by atoms with Gasteiger partial charge in [-0.15, -0.1) is 0 Å². The second kappa shape index (κ2) is 13.9. The summed E-state index contributed by atoms with van der Waals surface area (Å²) in [6.07, 6.45) is 1.71. The molecule has 1 aliphatic rings. The van der Waals surface area contributed by atoms with Crippen molar-refractivity contribution in [2.75, 3.05) is 6.61 Å². The number of hydrogen-bond donors (Lipinski definition) is 0. The van der Waals surface area contributed by atoms with Gasteiger partial charge in [0.1, 0.15) is 12.4 Å². The number of esters is 1. The second-order valence-corrected chi connectivity index (χ2v) is 12.9. The van der Waals surface area contributed by atoms with Gasteiger partial charge in [-0.1, -0.05) is 106 Å². The van der Waals surface area contributed by atoms with E-state index in [1.54, 1.807) is 73.7 Å². The van der Waals surface area contributed by atoms with Crippen molar-refractivity contribution in [3.05, 3.63) is 159 Å². The van der Waals surface area contributed by atoms with E-state index in [1.807, 2.05) is 30.3 Å². The Kier molecular flexibility index (Phi) is 9.68. The first-order chi connectivity index (χ1) is 22.2. The topological polar surface area (TPSA) is 69.9 Å². The fraction of sp³-hybridized carbons (Fsp3) is 0.114. The molecule has 0 unspecified atom stereocenters. The van der Waals surface area contributed by atoms with E-state index in [-0.39, 0.29) is 24.3 Å². The minimum atomic E-state index is -0.827. The highest BCUT2D eigenvalue weighted by molar-refractivity contribution is 7.07. The molecule has 0 saturated carbocycles. The number of ether oxygens (including phenoxy) is 2. The molecule has 4 aromatic carbocycles. The third-order valence-corrected chi connectivity index (χ3v) is 9.27. The lowest BCUT2D eigenvalue weighted by molar-refractivity contribution is -0.138.